The van der Waals surface area contributed by atoms with Crippen LogP contribution in [0.5, 0.6) is 0 Å². The predicted molar refractivity (Wildman–Crippen MR) is 68.9 cm³/mol. The minimum atomic E-state index is 0.561. The van der Waals surface area contributed by atoms with Gasteiger partial charge in [-0.25, -0.2) is 0 Å². The van der Waals surface area contributed by atoms with Gasteiger partial charge in [0.1, 0.15) is 12.4 Å². The number of hydrogen-bond acceptors (Lipinski definition) is 4. The largest absolute Gasteiger partial charge is 0.467 e. The van der Waals surface area contributed by atoms with E-state index in [0.717, 1.165) is 38.5 Å². The van der Waals surface area contributed by atoms with Crippen molar-refractivity contribution in [3.8, 4) is 0 Å². The third-order valence-electron chi connectivity index (χ3n) is 2.88. The van der Waals surface area contributed by atoms with E-state index in [1.165, 1.54) is 5.56 Å². The minimum Gasteiger partial charge on any atom is -0.467 e. The molecule has 1 aromatic heterocycles. The van der Waals surface area contributed by atoms with Gasteiger partial charge in [-0.15, -0.1) is 0 Å². The van der Waals surface area contributed by atoms with Crippen LogP contribution in [-0.4, -0.2) is 38.2 Å². The van der Waals surface area contributed by atoms with Crippen LogP contribution in [0.15, 0.2) is 16.7 Å². The van der Waals surface area contributed by atoms with Crippen molar-refractivity contribution in [2.75, 3.05) is 33.3 Å². The number of likely N-dealkylation sites (N-methyl/N-ethyl adjacent to an activating group) is 1. The molecule has 0 bridgehead atoms. The molecule has 0 radical (unpaired) electrons. The highest BCUT2D eigenvalue weighted by molar-refractivity contribution is 5.15. The van der Waals surface area contributed by atoms with Gasteiger partial charge < -0.3 is 19.4 Å². The first kappa shape index (κ1) is 14.2. The van der Waals surface area contributed by atoms with E-state index in [4.69, 9.17) is 9.15 Å². The molecule has 1 heterocycles. The highest BCUT2D eigenvalue weighted by atomic mass is 16.5. The molecule has 4 nitrogen and oxygen atoms in total. The van der Waals surface area contributed by atoms with Crippen molar-refractivity contribution in [2.45, 2.75) is 27.0 Å². The van der Waals surface area contributed by atoms with Gasteiger partial charge in [0.2, 0.25) is 0 Å². The van der Waals surface area contributed by atoms with Crippen LogP contribution in [0.3, 0.4) is 0 Å². The van der Waals surface area contributed by atoms with Crippen LogP contribution in [0.1, 0.15) is 25.2 Å². The molecule has 0 atom stereocenters. The van der Waals surface area contributed by atoms with E-state index in [-0.39, 0.29) is 0 Å². The Morgan fingerprint density at radius 1 is 1.35 bits per heavy atom. The normalized spacial score (nSPS) is 11.3. The van der Waals surface area contributed by atoms with Crippen LogP contribution in [0.4, 0.5) is 0 Å². The van der Waals surface area contributed by atoms with Gasteiger partial charge in [0, 0.05) is 18.7 Å². The molecule has 0 aliphatic carbocycles. The Balaban J connectivity index is 2.23. The smallest absolute Gasteiger partial charge is 0.133 e. The molecule has 1 aromatic rings. The van der Waals surface area contributed by atoms with Gasteiger partial charge >= 0.3 is 0 Å². The predicted octanol–water partition coefficient (Wildman–Crippen LogP) is 1.86. The summed E-state index contributed by atoms with van der Waals surface area (Å²) in [6.07, 6.45) is 1.72. The number of rotatable bonds is 9. The van der Waals surface area contributed by atoms with Gasteiger partial charge in [0.05, 0.1) is 12.9 Å². The van der Waals surface area contributed by atoms with E-state index in [1.807, 2.05) is 13.1 Å². The first-order valence-corrected chi connectivity index (χ1v) is 6.31. The molecule has 0 saturated carbocycles. The lowest BCUT2D eigenvalue weighted by Gasteiger charge is -2.17. The Kier molecular flexibility index (Phi) is 6.93. The quantitative estimate of drug-likeness (QED) is 0.669. The molecule has 17 heavy (non-hydrogen) atoms. The van der Waals surface area contributed by atoms with Crippen molar-refractivity contribution in [1.29, 1.82) is 0 Å². The first-order valence-electron chi connectivity index (χ1n) is 6.31. The fraction of sp³-hybridized carbons (Fsp3) is 0.692. The summed E-state index contributed by atoms with van der Waals surface area (Å²) in [6.45, 7) is 9.60. The molecule has 0 aromatic carbocycles. The van der Waals surface area contributed by atoms with Gasteiger partial charge in [-0.2, -0.15) is 0 Å². The maximum Gasteiger partial charge on any atom is 0.133 e. The van der Waals surface area contributed by atoms with Crippen molar-refractivity contribution >= 4 is 0 Å². The van der Waals surface area contributed by atoms with Crippen molar-refractivity contribution in [3.05, 3.63) is 23.7 Å². The van der Waals surface area contributed by atoms with Crippen molar-refractivity contribution in [3.63, 3.8) is 0 Å². The summed E-state index contributed by atoms with van der Waals surface area (Å²) in [7, 11) is 1.93. The summed E-state index contributed by atoms with van der Waals surface area (Å²) in [6, 6.07) is 1.99. The maximum absolute atomic E-state index is 5.64. The number of hydrogen-bond donors (Lipinski definition) is 1. The van der Waals surface area contributed by atoms with Gasteiger partial charge in [0.25, 0.3) is 0 Å². The number of furan rings is 1. The van der Waals surface area contributed by atoms with Crippen molar-refractivity contribution in [2.24, 2.45) is 0 Å². The first-order chi connectivity index (χ1) is 8.31. The standard InChI is InChI=1S/C13H24N2O2/c1-4-15(5-2)7-9-16-11-13-12(10-14-3)6-8-17-13/h6,8,14H,4-5,7,9-11H2,1-3H3. The second kappa shape index (κ2) is 8.28. The molecule has 1 rings (SSSR count). The average molecular weight is 240 g/mol. The number of ether oxygens (including phenoxy) is 1. The lowest BCUT2D eigenvalue weighted by molar-refractivity contribution is 0.0837. The van der Waals surface area contributed by atoms with Gasteiger partial charge in [-0.05, 0) is 26.2 Å². The van der Waals surface area contributed by atoms with E-state index < -0.39 is 0 Å². The zero-order chi connectivity index (χ0) is 12.5. The topological polar surface area (TPSA) is 37.6 Å². The minimum absolute atomic E-state index is 0.561. The van der Waals surface area contributed by atoms with Crippen LogP contribution >= 0.6 is 0 Å². The van der Waals surface area contributed by atoms with Crippen LogP contribution in [-0.2, 0) is 17.9 Å². The molecule has 4 heteroatoms. The van der Waals surface area contributed by atoms with E-state index in [2.05, 4.69) is 24.1 Å². The van der Waals surface area contributed by atoms with Crippen LogP contribution < -0.4 is 5.32 Å². The molecule has 0 amide bonds. The van der Waals surface area contributed by atoms with Crippen molar-refractivity contribution in [1.82, 2.24) is 10.2 Å². The second-order valence-corrected chi connectivity index (χ2v) is 3.98. The zero-order valence-corrected chi connectivity index (χ0v) is 11.2. The lowest BCUT2D eigenvalue weighted by atomic mass is 10.2. The zero-order valence-electron chi connectivity index (χ0n) is 11.2. The Morgan fingerprint density at radius 2 is 2.12 bits per heavy atom. The molecule has 98 valence electrons. The highest BCUT2D eigenvalue weighted by Gasteiger charge is 2.05. The molecular formula is C13H24N2O2. The molecular weight excluding hydrogens is 216 g/mol. The van der Waals surface area contributed by atoms with Crippen LogP contribution in [0.2, 0.25) is 0 Å². The summed E-state index contributed by atoms with van der Waals surface area (Å²) >= 11 is 0. The molecule has 0 unspecified atom stereocenters. The van der Waals surface area contributed by atoms with Gasteiger partial charge in [-0.3, -0.25) is 0 Å². The molecule has 0 saturated heterocycles. The fourth-order valence-electron chi connectivity index (χ4n) is 1.74. The molecule has 0 aliphatic rings. The molecule has 0 aliphatic heterocycles. The van der Waals surface area contributed by atoms with Gasteiger partial charge in [-0.1, -0.05) is 13.8 Å². The Morgan fingerprint density at radius 3 is 2.76 bits per heavy atom. The number of nitrogens with one attached hydrogen (secondary N) is 1. The maximum atomic E-state index is 5.64. The molecule has 0 fully saturated rings. The second-order valence-electron chi connectivity index (χ2n) is 3.98. The highest BCUT2D eigenvalue weighted by Crippen LogP contribution is 2.11. The van der Waals surface area contributed by atoms with Gasteiger partial charge in [0.15, 0.2) is 0 Å². The lowest BCUT2D eigenvalue weighted by Crippen LogP contribution is -2.27. The van der Waals surface area contributed by atoms with E-state index >= 15 is 0 Å². The Hall–Kier alpha value is -0.840. The summed E-state index contributed by atoms with van der Waals surface area (Å²) < 4.78 is 11.0. The van der Waals surface area contributed by atoms with E-state index in [1.54, 1.807) is 6.26 Å². The molecule has 0 spiro atoms. The Bertz CT molecular complexity index is 295. The third kappa shape index (κ3) is 4.89. The average Bonchev–Trinajstić information content (AvgIpc) is 2.78. The summed E-state index contributed by atoms with van der Waals surface area (Å²) in [5.41, 5.74) is 1.18. The summed E-state index contributed by atoms with van der Waals surface area (Å²) in [5, 5.41) is 3.11. The van der Waals surface area contributed by atoms with Crippen molar-refractivity contribution < 1.29 is 9.15 Å². The summed E-state index contributed by atoms with van der Waals surface area (Å²) in [5.74, 6) is 0.930. The fourth-order valence-corrected chi connectivity index (χ4v) is 1.74. The van der Waals surface area contributed by atoms with E-state index in [9.17, 15) is 0 Å². The van der Waals surface area contributed by atoms with Crippen LogP contribution in [0.25, 0.3) is 0 Å². The third-order valence-corrected chi connectivity index (χ3v) is 2.88. The number of nitrogens with zero attached hydrogens (tertiary/aromatic N) is 1. The Labute approximate surface area is 104 Å². The van der Waals surface area contributed by atoms with Crippen LogP contribution in [0, 0.1) is 0 Å². The molecule has 1 N–H and O–H groups in total. The summed E-state index contributed by atoms with van der Waals surface area (Å²) in [4.78, 5) is 2.34. The monoisotopic (exact) mass is 240 g/mol. The van der Waals surface area contributed by atoms with E-state index in [0.29, 0.717) is 6.61 Å². The SMILES string of the molecule is CCN(CC)CCOCc1occc1CNC.